The Morgan fingerprint density at radius 2 is 2.00 bits per heavy atom. The number of ether oxygens (including phenoxy) is 4. The van der Waals surface area contributed by atoms with Crippen molar-refractivity contribution in [2.24, 2.45) is 0 Å². The molecule has 106 valence electrons. The lowest BCUT2D eigenvalue weighted by atomic mass is 9.96. The van der Waals surface area contributed by atoms with Crippen LogP contribution in [0.25, 0.3) is 0 Å². The van der Waals surface area contributed by atoms with Crippen LogP contribution in [0.4, 0.5) is 0 Å². The molecule has 0 spiro atoms. The maximum atomic E-state index is 11.2. The molecule has 1 saturated heterocycles. The van der Waals surface area contributed by atoms with Gasteiger partial charge in [0.25, 0.3) is 0 Å². The fraction of sp³-hybridized carbons (Fsp3) is 0.909. The van der Waals surface area contributed by atoms with E-state index in [1.807, 2.05) is 0 Å². The van der Waals surface area contributed by atoms with Gasteiger partial charge < -0.3 is 29.4 Å². The summed E-state index contributed by atoms with van der Waals surface area (Å²) in [4.78, 5) is 11.2. The summed E-state index contributed by atoms with van der Waals surface area (Å²) in [6.07, 6.45) is -2.77. The smallest absolute Gasteiger partial charge is 0.217 e. The zero-order valence-electron chi connectivity index (χ0n) is 11.1. The second-order valence-electron chi connectivity index (χ2n) is 4.15. The minimum absolute atomic E-state index is 0.216. The summed E-state index contributed by atoms with van der Waals surface area (Å²) in [5.41, 5.74) is 0. The van der Waals surface area contributed by atoms with Crippen molar-refractivity contribution in [1.29, 1.82) is 0 Å². The molecule has 1 aliphatic rings. The van der Waals surface area contributed by atoms with Crippen LogP contribution < -0.4 is 5.32 Å². The second-order valence-corrected chi connectivity index (χ2v) is 4.15. The van der Waals surface area contributed by atoms with Crippen LogP contribution in [-0.4, -0.2) is 69.6 Å². The lowest BCUT2D eigenvalue weighted by Gasteiger charge is -2.43. The summed E-state index contributed by atoms with van der Waals surface area (Å²) >= 11 is 0. The van der Waals surface area contributed by atoms with Crippen LogP contribution in [0, 0.1) is 0 Å². The molecule has 0 aromatic heterocycles. The third-order valence-electron chi connectivity index (χ3n) is 2.88. The zero-order valence-corrected chi connectivity index (χ0v) is 11.1. The summed E-state index contributed by atoms with van der Waals surface area (Å²) in [6.45, 7) is 1.60. The van der Waals surface area contributed by atoms with E-state index in [4.69, 9.17) is 18.9 Å². The van der Waals surface area contributed by atoms with Crippen LogP contribution in [0.1, 0.15) is 6.92 Å². The Hall–Kier alpha value is -0.730. The van der Waals surface area contributed by atoms with Gasteiger partial charge >= 0.3 is 0 Å². The standard InChI is InChI=1S/C11H21NO6/c1-6(13)12-8-10(16-3)9(14)7(5-15-2)18-11(8)17-4/h7-11,14H,5H2,1-4H3,(H,12,13). The molecule has 5 unspecified atom stereocenters. The number of carbonyl (C=O) groups is 1. The summed E-state index contributed by atoms with van der Waals surface area (Å²) in [5, 5.41) is 12.8. The molecule has 2 N–H and O–H groups in total. The first-order valence-corrected chi connectivity index (χ1v) is 5.70. The highest BCUT2D eigenvalue weighted by Gasteiger charge is 2.46. The third-order valence-corrected chi connectivity index (χ3v) is 2.88. The van der Waals surface area contributed by atoms with Crippen LogP contribution in [0.2, 0.25) is 0 Å². The lowest BCUT2D eigenvalue weighted by molar-refractivity contribution is -0.267. The van der Waals surface area contributed by atoms with Gasteiger partial charge in [0.1, 0.15) is 24.4 Å². The predicted molar refractivity (Wildman–Crippen MR) is 62.0 cm³/mol. The minimum atomic E-state index is -0.904. The van der Waals surface area contributed by atoms with E-state index < -0.39 is 30.6 Å². The Bertz CT molecular complexity index is 274. The molecule has 7 nitrogen and oxygen atoms in total. The molecule has 1 fully saturated rings. The number of methoxy groups -OCH3 is 3. The van der Waals surface area contributed by atoms with Gasteiger partial charge in [0.2, 0.25) is 5.91 Å². The topological polar surface area (TPSA) is 86.2 Å². The minimum Gasteiger partial charge on any atom is -0.388 e. The molecule has 0 aromatic carbocycles. The normalized spacial score (nSPS) is 36.4. The van der Waals surface area contributed by atoms with E-state index in [9.17, 15) is 9.90 Å². The zero-order chi connectivity index (χ0) is 13.7. The van der Waals surface area contributed by atoms with Gasteiger partial charge in [-0.1, -0.05) is 0 Å². The van der Waals surface area contributed by atoms with Gasteiger partial charge in [-0.05, 0) is 0 Å². The average molecular weight is 263 g/mol. The monoisotopic (exact) mass is 263 g/mol. The van der Waals surface area contributed by atoms with Crippen LogP contribution in [-0.2, 0) is 23.7 Å². The van der Waals surface area contributed by atoms with E-state index in [1.165, 1.54) is 28.3 Å². The van der Waals surface area contributed by atoms with Gasteiger partial charge in [-0.2, -0.15) is 0 Å². The van der Waals surface area contributed by atoms with Crippen LogP contribution in [0.3, 0.4) is 0 Å². The van der Waals surface area contributed by atoms with Crippen LogP contribution in [0.15, 0.2) is 0 Å². The molecular formula is C11H21NO6. The van der Waals surface area contributed by atoms with E-state index in [2.05, 4.69) is 5.32 Å². The quantitative estimate of drug-likeness (QED) is 0.654. The average Bonchev–Trinajstić information content (AvgIpc) is 2.32. The van der Waals surface area contributed by atoms with E-state index in [1.54, 1.807) is 0 Å². The first-order chi connectivity index (χ1) is 8.54. The number of nitrogens with one attached hydrogen (secondary N) is 1. The van der Waals surface area contributed by atoms with Crippen molar-refractivity contribution >= 4 is 5.91 Å². The molecule has 0 aromatic rings. The van der Waals surface area contributed by atoms with Crippen molar-refractivity contribution in [3.05, 3.63) is 0 Å². The Morgan fingerprint density at radius 1 is 1.33 bits per heavy atom. The predicted octanol–water partition coefficient (Wildman–Crippen LogP) is -1.12. The summed E-state index contributed by atoms with van der Waals surface area (Å²) in [6, 6.07) is -0.569. The number of aliphatic hydroxyl groups is 1. The van der Waals surface area contributed by atoms with Crippen molar-refractivity contribution in [1.82, 2.24) is 5.32 Å². The number of rotatable bonds is 5. The fourth-order valence-corrected chi connectivity index (χ4v) is 2.09. The molecule has 18 heavy (non-hydrogen) atoms. The Kier molecular flexibility index (Phi) is 5.97. The summed E-state index contributed by atoms with van der Waals surface area (Å²) in [7, 11) is 4.44. The lowest BCUT2D eigenvalue weighted by Crippen LogP contribution is -2.65. The van der Waals surface area contributed by atoms with Crippen molar-refractivity contribution < 1.29 is 28.8 Å². The van der Waals surface area contributed by atoms with Gasteiger partial charge in [0, 0.05) is 28.3 Å². The Morgan fingerprint density at radius 3 is 2.44 bits per heavy atom. The highest BCUT2D eigenvalue weighted by molar-refractivity contribution is 5.73. The highest BCUT2D eigenvalue weighted by Crippen LogP contribution is 2.24. The summed E-state index contributed by atoms with van der Waals surface area (Å²) < 4.78 is 20.9. The maximum absolute atomic E-state index is 11.2. The molecular weight excluding hydrogens is 242 g/mol. The molecule has 0 saturated carbocycles. The molecule has 0 radical (unpaired) electrons. The van der Waals surface area contributed by atoms with E-state index in [0.29, 0.717) is 0 Å². The van der Waals surface area contributed by atoms with E-state index >= 15 is 0 Å². The summed E-state index contributed by atoms with van der Waals surface area (Å²) in [5.74, 6) is -0.245. The maximum Gasteiger partial charge on any atom is 0.217 e. The second kappa shape index (κ2) is 7.01. The van der Waals surface area contributed by atoms with E-state index in [0.717, 1.165) is 0 Å². The van der Waals surface area contributed by atoms with Gasteiger partial charge in [-0.25, -0.2) is 0 Å². The Balaban J connectivity index is 2.84. The SMILES string of the molecule is COCC1OC(OC)C(NC(C)=O)C(OC)C1O. The number of carbonyl (C=O) groups excluding carboxylic acids is 1. The van der Waals surface area contributed by atoms with E-state index in [-0.39, 0.29) is 12.5 Å². The largest absolute Gasteiger partial charge is 0.388 e. The molecule has 1 rings (SSSR count). The molecule has 1 heterocycles. The molecule has 0 aliphatic carbocycles. The van der Waals surface area contributed by atoms with Gasteiger partial charge in [0.05, 0.1) is 6.61 Å². The van der Waals surface area contributed by atoms with Crippen molar-refractivity contribution in [2.75, 3.05) is 27.9 Å². The first-order valence-electron chi connectivity index (χ1n) is 5.70. The fourth-order valence-electron chi connectivity index (χ4n) is 2.09. The van der Waals surface area contributed by atoms with Gasteiger partial charge in [-0.15, -0.1) is 0 Å². The number of hydrogen-bond acceptors (Lipinski definition) is 6. The first kappa shape index (κ1) is 15.3. The van der Waals surface area contributed by atoms with Crippen LogP contribution in [0.5, 0.6) is 0 Å². The van der Waals surface area contributed by atoms with Crippen molar-refractivity contribution in [2.45, 2.75) is 37.6 Å². The highest BCUT2D eigenvalue weighted by atomic mass is 16.7. The van der Waals surface area contributed by atoms with Crippen molar-refractivity contribution in [3.63, 3.8) is 0 Å². The van der Waals surface area contributed by atoms with Crippen molar-refractivity contribution in [3.8, 4) is 0 Å². The molecule has 0 bridgehead atoms. The number of aliphatic hydroxyl groups excluding tert-OH is 1. The molecule has 7 heteroatoms. The Labute approximate surface area is 106 Å². The van der Waals surface area contributed by atoms with Crippen LogP contribution >= 0.6 is 0 Å². The number of hydrogen-bond donors (Lipinski definition) is 2. The van der Waals surface area contributed by atoms with Gasteiger partial charge in [-0.3, -0.25) is 4.79 Å². The molecule has 1 amide bonds. The molecule has 5 atom stereocenters. The van der Waals surface area contributed by atoms with Gasteiger partial charge in [0.15, 0.2) is 6.29 Å². The number of amides is 1. The third kappa shape index (κ3) is 3.39. The molecule has 1 aliphatic heterocycles.